The van der Waals surface area contributed by atoms with E-state index in [9.17, 15) is 19.2 Å². The molecule has 20 heavy (non-hydrogen) atoms. The van der Waals surface area contributed by atoms with E-state index in [0.717, 1.165) is 4.90 Å². The molecule has 2 N–H and O–H groups in total. The summed E-state index contributed by atoms with van der Waals surface area (Å²) >= 11 is 0. The molecule has 0 aliphatic carbocycles. The van der Waals surface area contributed by atoms with Gasteiger partial charge < -0.3 is 24.8 Å². The highest BCUT2D eigenvalue weighted by molar-refractivity contribution is 5.85. The lowest BCUT2D eigenvalue weighted by molar-refractivity contribution is -0.142. The fraction of sp³-hybridized carbons (Fsp3) is 0.636. The standard InChI is InChI=1S/C11H18N2O7/c1-13(6-9(15)20-3)11(18)12-7(10(16)17)4-5-8(14)19-2/h7H,4-6H2,1-3H3,(H,12,18)(H,16,17)/t7-/m0/s1. The quantitative estimate of drug-likeness (QED) is 0.589. The molecule has 114 valence electrons. The maximum Gasteiger partial charge on any atom is 0.326 e. The Balaban J connectivity index is 4.43. The number of urea groups is 1. The number of carbonyl (C=O) groups excluding carboxylic acids is 3. The molecule has 1 atom stereocenters. The number of nitrogens with one attached hydrogen (secondary N) is 1. The molecular weight excluding hydrogens is 272 g/mol. The van der Waals surface area contributed by atoms with E-state index in [0.29, 0.717) is 0 Å². The minimum atomic E-state index is -1.28. The van der Waals surface area contributed by atoms with E-state index >= 15 is 0 Å². The normalized spacial score (nSPS) is 11.2. The van der Waals surface area contributed by atoms with Crippen molar-refractivity contribution in [2.24, 2.45) is 0 Å². The lowest BCUT2D eigenvalue weighted by Gasteiger charge is -2.20. The third kappa shape index (κ3) is 6.57. The van der Waals surface area contributed by atoms with Crippen LogP contribution >= 0.6 is 0 Å². The van der Waals surface area contributed by atoms with E-state index in [2.05, 4.69) is 14.8 Å². The van der Waals surface area contributed by atoms with Crippen LogP contribution in [-0.2, 0) is 23.9 Å². The Bertz CT molecular complexity index is 383. The number of nitrogens with zero attached hydrogens (tertiary/aromatic N) is 1. The molecule has 0 heterocycles. The van der Waals surface area contributed by atoms with Crippen molar-refractivity contribution < 1.29 is 33.8 Å². The zero-order valence-electron chi connectivity index (χ0n) is 11.5. The zero-order chi connectivity index (χ0) is 15.7. The molecule has 0 aliphatic heterocycles. The van der Waals surface area contributed by atoms with Crippen LogP contribution in [0.4, 0.5) is 4.79 Å². The van der Waals surface area contributed by atoms with E-state index in [1.807, 2.05) is 0 Å². The van der Waals surface area contributed by atoms with Gasteiger partial charge in [0, 0.05) is 13.5 Å². The molecule has 0 bridgehead atoms. The Morgan fingerprint density at radius 3 is 2.15 bits per heavy atom. The van der Waals surface area contributed by atoms with Crippen LogP contribution in [0.25, 0.3) is 0 Å². The summed E-state index contributed by atoms with van der Waals surface area (Å²) in [6.45, 7) is -0.314. The maximum atomic E-state index is 11.7. The highest BCUT2D eigenvalue weighted by Crippen LogP contribution is 2.01. The van der Waals surface area contributed by atoms with Crippen molar-refractivity contribution in [3.63, 3.8) is 0 Å². The fourth-order valence-electron chi connectivity index (χ4n) is 1.21. The molecule has 0 rings (SSSR count). The van der Waals surface area contributed by atoms with Gasteiger partial charge in [-0.25, -0.2) is 9.59 Å². The molecule has 0 aliphatic rings. The van der Waals surface area contributed by atoms with Gasteiger partial charge in [-0.1, -0.05) is 0 Å². The van der Waals surface area contributed by atoms with E-state index in [-0.39, 0.29) is 19.4 Å². The largest absolute Gasteiger partial charge is 0.480 e. The van der Waals surface area contributed by atoms with Crippen LogP contribution in [-0.4, -0.2) is 67.8 Å². The first-order chi connectivity index (χ1) is 9.31. The number of esters is 2. The molecule has 9 heteroatoms. The summed E-state index contributed by atoms with van der Waals surface area (Å²) in [5, 5.41) is 11.1. The molecule has 2 amide bonds. The number of likely N-dealkylation sites (N-methyl/N-ethyl adjacent to an activating group) is 1. The van der Waals surface area contributed by atoms with Crippen LogP contribution in [0.5, 0.6) is 0 Å². The molecule has 0 fully saturated rings. The number of hydrogen-bond acceptors (Lipinski definition) is 6. The number of hydrogen-bond donors (Lipinski definition) is 2. The smallest absolute Gasteiger partial charge is 0.326 e. The average molecular weight is 290 g/mol. The molecule has 0 aromatic rings. The lowest BCUT2D eigenvalue weighted by Crippen LogP contribution is -2.48. The topological polar surface area (TPSA) is 122 Å². The maximum absolute atomic E-state index is 11.7. The summed E-state index contributed by atoms with van der Waals surface area (Å²) in [5.41, 5.74) is 0. The molecule has 0 unspecified atom stereocenters. The van der Waals surface area contributed by atoms with E-state index in [1.54, 1.807) is 0 Å². The predicted molar refractivity (Wildman–Crippen MR) is 65.9 cm³/mol. The third-order valence-electron chi connectivity index (χ3n) is 2.40. The summed E-state index contributed by atoms with van der Waals surface area (Å²) in [7, 11) is 3.66. The Hall–Kier alpha value is -2.32. The number of carbonyl (C=O) groups is 4. The molecule has 0 saturated heterocycles. The predicted octanol–water partition coefficient (Wildman–Crippen LogP) is -0.793. The number of carboxylic acid groups (broad SMARTS) is 1. The van der Waals surface area contributed by atoms with E-state index in [1.165, 1.54) is 21.3 Å². The summed E-state index contributed by atoms with van der Waals surface area (Å²) in [5.74, 6) is -2.49. The van der Waals surface area contributed by atoms with Gasteiger partial charge in [0.25, 0.3) is 0 Å². The van der Waals surface area contributed by atoms with Gasteiger partial charge in [-0.05, 0) is 6.42 Å². The Morgan fingerprint density at radius 2 is 1.70 bits per heavy atom. The molecular formula is C11H18N2O7. The van der Waals surface area contributed by atoms with Gasteiger partial charge in [0.05, 0.1) is 14.2 Å². The van der Waals surface area contributed by atoms with Crippen molar-refractivity contribution in [3.8, 4) is 0 Å². The number of carboxylic acids is 1. The first kappa shape index (κ1) is 17.7. The number of amides is 2. The second kappa shape index (κ2) is 8.73. The van der Waals surface area contributed by atoms with Crippen LogP contribution in [0.1, 0.15) is 12.8 Å². The van der Waals surface area contributed by atoms with Crippen LogP contribution in [0, 0.1) is 0 Å². The Labute approximate surface area is 115 Å². The molecule has 0 aromatic carbocycles. The Kier molecular flexibility index (Phi) is 7.71. The third-order valence-corrected chi connectivity index (χ3v) is 2.40. The van der Waals surface area contributed by atoms with Crippen molar-refractivity contribution in [1.82, 2.24) is 10.2 Å². The summed E-state index contributed by atoms with van der Waals surface area (Å²) in [4.78, 5) is 45.5. The molecule has 0 aromatic heterocycles. The van der Waals surface area contributed by atoms with Crippen LogP contribution in [0.15, 0.2) is 0 Å². The first-order valence-corrected chi connectivity index (χ1v) is 5.69. The van der Waals surface area contributed by atoms with Crippen LogP contribution < -0.4 is 5.32 Å². The highest BCUT2D eigenvalue weighted by Gasteiger charge is 2.23. The average Bonchev–Trinajstić information content (AvgIpc) is 2.41. The van der Waals surface area contributed by atoms with Gasteiger partial charge in [-0.2, -0.15) is 0 Å². The summed E-state index contributed by atoms with van der Waals surface area (Å²) in [6.07, 6.45) is -0.256. The van der Waals surface area contributed by atoms with Crippen molar-refractivity contribution in [3.05, 3.63) is 0 Å². The molecule has 0 radical (unpaired) electrons. The van der Waals surface area contributed by atoms with E-state index < -0.39 is 30.0 Å². The minimum Gasteiger partial charge on any atom is -0.480 e. The molecule has 0 saturated carbocycles. The number of rotatable bonds is 7. The minimum absolute atomic E-state index is 0.111. The lowest BCUT2D eigenvalue weighted by atomic mass is 10.1. The number of aliphatic carboxylic acids is 1. The van der Waals surface area contributed by atoms with Crippen LogP contribution in [0.2, 0.25) is 0 Å². The highest BCUT2D eigenvalue weighted by atomic mass is 16.5. The second-order valence-electron chi connectivity index (χ2n) is 3.89. The summed E-state index contributed by atoms with van der Waals surface area (Å²) < 4.78 is 8.76. The van der Waals surface area contributed by atoms with E-state index in [4.69, 9.17) is 5.11 Å². The monoisotopic (exact) mass is 290 g/mol. The SMILES string of the molecule is COC(=O)CC[C@H](NC(=O)N(C)CC(=O)OC)C(=O)O. The molecule has 0 spiro atoms. The van der Waals surface area contributed by atoms with Gasteiger partial charge in [0.15, 0.2) is 0 Å². The zero-order valence-corrected chi connectivity index (χ0v) is 11.5. The number of ether oxygens (including phenoxy) is 2. The second-order valence-corrected chi connectivity index (χ2v) is 3.89. The van der Waals surface area contributed by atoms with Gasteiger partial charge >= 0.3 is 23.9 Å². The van der Waals surface area contributed by atoms with Gasteiger partial charge in [0.2, 0.25) is 0 Å². The van der Waals surface area contributed by atoms with Crippen molar-refractivity contribution in [2.45, 2.75) is 18.9 Å². The Morgan fingerprint density at radius 1 is 1.15 bits per heavy atom. The van der Waals surface area contributed by atoms with Crippen molar-refractivity contribution in [1.29, 1.82) is 0 Å². The van der Waals surface area contributed by atoms with Crippen molar-refractivity contribution in [2.75, 3.05) is 27.8 Å². The summed E-state index contributed by atoms with van der Waals surface area (Å²) in [6, 6.07) is -2.01. The van der Waals surface area contributed by atoms with Crippen molar-refractivity contribution >= 4 is 23.9 Å². The first-order valence-electron chi connectivity index (χ1n) is 5.69. The molecule has 9 nitrogen and oxygen atoms in total. The van der Waals surface area contributed by atoms with Gasteiger partial charge in [-0.15, -0.1) is 0 Å². The van der Waals surface area contributed by atoms with Gasteiger partial charge in [-0.3, -0.25) is 9.59 Å². The fourth-order valence-corrected chi connectivity index (χ4v) is 1.21. The van der Waals surface area contributed by atoms with Gasteiger partial charge in [0.1, 0.15) is 12.6 Å². The number of methoxy groups -OCH3 is 2. The van der Waals surface area contributed by atoms with Crippen LogP contribution in [0.3, 0.4) is 0 Å².